The summed E-state index contributed by atoms with van der Waals surface area (Å²) in [5.41, 5.74) is 3.32. The van der Waals surface area contributed by atoms with Crippen LogP contribution >= 0.6 is 0 Å². The number of hydrogen-bond donors (Lipinski definition) is 0. The molecule has 158 valence electrons. The van der Waals surface area contributed by atoms with Crippen molar-refractivity contribution < 1.29 is 0 Å². The Kier molecular flexibility index (Phi) is 5.06. The number of fused-ring (bicyclic) bond motifs is 2. The lowest BCUT2D eigenvalue weighted by atomic mass is 10.1. The molecule has 2 aliphatic rings. The van der Waals surface area contributed by atoms with Crippen molar-refractivity contribution in [1.82, 2.24) is 24.0 Å². The number of aromatic nitrogens is 4. The van der Waals surface area contributed by atoms with E-state index in [1.165, 1.54) is 24.4 Å². The molecule has 30 heavy (non-hydrogen) atoms. The number of aryl methyl sites for hydroxylation is 1. The summed E-state index contributed by atoms with van der Waals surface area (Å²) in [4.78, 5) is 26.7. The van der Waals surface area contributed by atoms with E-state index in [1.54, 1.807) is 10.9 Å². The van der Waals surface area contributed by atoms with Gasteiger partial charge in [-0.25, -0.2) is 9.97 Å². The average Bonchev–Trinajstić information content (AvgIpc) is 3.17. The van der Waals surface area contributed by atoms with E-state index in [0.717, 1.165) is 56.9 Å². The van der Waals surface area contributed by atoms with Crippen molar-refractivity contribution in [3.05, 3.63) is 52.6 Å². The van der Waals surface area contributed by atoms with Gasteiger partial charge in [-0.15, -0.1) is 0 Å². The van der Waals surface area contributed by atoms with Crippen molar-refractivity contribution in [1.29, 1.82) is 0 Å². The molecule has 2 aliphatic heterocycles. The highest BCUT2D eigenvalue weighted by Gasteiger charge is 2.21. The minimum atomic E-state index is 0.0375. The van der Waals surface area contributed by atoms with E-state index in [4.69, 9.17) is 0 Å². The van der Waals surface area contributed by atoms with Gasteiger partial charge < -0.3 is 9.47 Å². The minimum Gasteiger partial charge on any atom is -0.369 e. The zero-order valence-corrected chi connectivity index (χ0v) is 17.9. The van der Waals surface area contributed by atoms with Crippen LogP contribution in [0.15, 0.2) is 35.5 Å². The Bertz CT molecular complexity index is 1110. The first-order valence-corrected chi connectivity index (χ1v) is 11.1. The predicted molar refractivity (Wildman–Crippen MR) is 119 cm³/mol. The van der Waals surface area contributed by atoms with E-state index in [1.807, 2.05) is 19.9 Å². The molecule has 1 aromatic carbocycles. The van der Waals surface area contributed by atoms with E-state index in [9.17, 15) is 4.79 Å². The summed E-state index contributed by atoms with van der Waals surface area (Å²) < 4.78 is 4.12. The molecule has 4 heterocycles. The summed E-state index contributed by atoms with van der Waals surface area (Å²) in [7, 11) is 0. The van der Waals surface area contributed by atoms with Gasteiger partial charge in [0.15, 0.2) is 0 Å². The van der Waals surface area contributed by atoms with E-state index in [0.29, 0.717) is 5.39 Å². The maximum atomic E-state index is 12.6. The van der Waals surface area contributed by atoms with Gasteiger partial charge in [0.2, 0.25) is 0 Å². The summed E-state index contributed by atoms with van der Waals surface area (Å²) in [5.74, 6) is 1.26. The molecule has 2 aromatic heterocycles. The van der Waals surface area contributed by atoms with Crippen LogP contribution in [-0.4, -0.2) is 50.2 Å². The Morgan fingerprint density at radius 3 is 2.67 bits per heavy atom. The molecule has 0 bridgehead atoms. The summed E-state index contributed by atoms with van der Waals surface area (Å²) in [6, 6.07) is 6.18. The van der Waals surface area contributed by atoms with E-state index < -0.39 is 0 Å². The molecular formula is C23H30N6O. The second-order valence-corrected chi connectivity index (χ2v) is 8.79. The van der Waals surface area contributed by atoms with Crippen molar-refractivity contribution in [2.45, 2.75) is 52.2 Å². The largest absolute Gasteiger partial charge is 0.369 e. The molecule has 1 fully saturated rings. The molecule has 5 rings (SSSR count). The van der Waals surface area contributed by atoms with Crippen LogP contribution in [0.5, 0.6) is 0 Å². The van der Waals surface area contributed by atoms with Crippen LogP contribution in [0.3, 0.4) is 0 Å². The van der Waals surface area contributed by atoms with Crippen molar-refractivity contribution in [2.24, 2.45) is 0 Å². The molecule has 3 aromatic rings. The lowest BCUT2D eigenvalue weighted by Crippen LogP contribution is -2.46. The summed E-state index contributed by atoms with van der Waals surface area (Å²) >= 11 is 0. The first-order valence-electron chi connectivity index (χ1n) is 11.1. The quantitative estimate of drug-likeness (QED) is 0.667. The zero-order chi connectivity index (χ0) is 20.7. The highest BCUT2D eigenvalue weighted by Crippen LogP contribution is 2.22. The topological polar surface area (TPSA) is 59.2 Å². The summed E-state index contributed by atoms with van der Waals surface area (Å²) in [6.07, 6.45) is 7.39. The SMILES string of the molecule is CC(C)n1cnc2cc(N3CCN(Cc4cnc5n4CCCC5)CC3)ccc2c1=O. The van der Waals surface area contributed by atoms with Crippen molar-refractivity contribution in [2.75, 3.05) is 31.1 Å². The highest BCUT2D eigenvalue weighted by atomic mass is 16.1. The molecular weight excluding hydrogens is 376 g/mol. The number of rotatable bonds is 4. The molecule has 0 spiro atoms. The molecule has 7 heteroatoms. The molecule has 0 atom stereocenters. The predicted octanol–water partition coefficient (Wildman–Crippen LogP) is 2.83. The molecule has 0 saturated carbocycles. The standard InChI is InChI=1S/C23H30N6O/c1-17(2)29-16-25-21-13-18(6-7-20(21)23(29)30)27-11-9-26(10-12-27)15-19-14-24-22-5-3-4-8-28(19)22/h6-7,13-14,16-17H,3-5,8-12,15H2,1-2H3. The number of anilines is 1. The van der Waals surface area contributed by atoms with Crippen LogP contribution in [0.1, 0.15) is 44.2 Å². The van der Waals surface area contributed by atoms with E-state index >= 15 is 0 Å². The molecule has 0 N–H and O–H groups in total. The molecule has 0 radical (unpaired) electrons. The van der Waals surface area contributed by atoms with Gasteiger partial charge in [-0.05, 0) is 44.9 Å². The molecule has 0 amide bonds. The Morgan fingerprint density at radius 2 is 1.87 bits per heavy atom. The number of imidazole rings is 1. The maximum absolute atomic E-state index is 12.6. The molecule has 0 aliphatic carbocycles. The number of piperazine rings is 1. The summed E-state index contributed by atoms with van der Waals surface area (Å²) in [5, 5.41) is 0.694. The third kappa shape index (κ3) is 3.51. The van der Waals surface area contributed by atoms with Crippen molar-refractivity contribution in [3.63, 3.8) is 0 Å². The van der Waals surface area contributed by atoms with Crippen LogP contribution in [0.4, 0.5) is 5.69 Å². The summed E-state index contributed by atoms with van der Waals surface area (Å²) in [6.45, 7) is 10.1. The van der Waals surface area contributed by atoms with Crippen LogP contribution in [0.25, 0.3) is 10.9 Å². The fourth-order valence-corrected chi connectivity index (χ4v) is 4.69. The third-order valence-corrected chi connectivity index (χ3v) is 6.50. The Hall–Kier alpha value is -2.67. The Labute approximate surface area is 177 Å². The third-order valence-electron chi connectivity index (χ3n) is 6.50. The number of hydrogen-bond acceptors (Lipinski definition) is 5. The fraction of sp³-hybridized carbons (Fsp3) is 0.522. The number of benzene rings is 1. The zero-order valence-electron chi connectivity index (χ0n) is 17.9. The van der Waals surface area contributed by atoms with Crippen LogP contribution in [0, 0.1) is 0 Å². The lowest BCUT2D eigenvalue weighted by Gasteiger charge is -2.36. The lowest BCUT2D eigenvalue weighted by molar-refractivity contribution is 0.242. The fourth-order valence-electron chi connectivity index (χ4n) is 4.69. The first kappa shape index (κ1) is 19.3. The van der Waals surface area contributed by atoms with Gasteiger partial charge >= 0.3 is 0 Å². The van der Waals surface area contributed by atoms with Gasteiger partial charge in [-0.1, -0.05) is 0 Å². The highest BCUT2D eigenvalue weighted by molar-refractivity contribution is 5.81. The molecule has 0 unspecified atom stereocenters. The van der Waals surface area contributed by atoms with Crippen molar-refractivity contribution >= 4 is 16.6 Å². The second-order valence-electron chi connectivity index (χ2n) is 8.79. The van der Waals surface area contributed by atoms with Gasteiger partial charge in [-0.2, -0.15) is 0 Å². The Morgan fingerprint density at radius 1 is 1.03 bits per heavy atom. The Balaban J connectivity index is 1.27. The average molecular weight is 407 g/mol. The van der Waals surface area contributed by atoms with Gasteiger partial charge in [0.05, 0.1) is 22.9 Å². The minimum absolute atomic E-state index is 0.0375. The van der Waals surface area contributed by atoms with Gasteiger partial charge in [0.1, 0.15) is 5.82 Å². The van der Waals surface area contributed by atoms with Gasteiger partial charge in [-0.3, -0.25) is 14.3 Å². The van der Waals surface area contributed by atoms with Crippen LogP contribution in [0.2, 0.25) is 0 Å². The van der Waals surface area contributed by atoms with Crippen molar-refractivity contribution in [3.8, 4) is 0 Å². The van der Waals surface area contributed by atoms with Gasteiger partial charge in [0.25, 0.3) is 5.56 Å². The second kappa shape index (κ2) is 7.87. The molecule has 7 nitrogen and oxygen atoms in total. The van der Waals surface area contributed by atoms with E-state index in [2.05, 4.69) is 42.7 Å². The van der Waals surface area contributed by atoms with Gasteiger partial charge in [0, 0.05) is 63.6 Å². The van der Waals surface area contributed by atoms with Crippen LogP contribution in [-0.2, 0) is 19.5 Å². The smallest absolute Gasteiger partial charge is 0.261 e. The first-order chi connectivity index (χ1) is 14.6. The monoisotopic (exact) mass is 406 g/mol. The normalized spacial score (nSPS) is 17.6. The number of nitrogens with zero attached hydrogens (tertiary/aromatic N) is 6. The van der Waals surface area contributed by atoms with E-state index in [-0.39, 0.29) is 11.6 Å². The van der Waals surface area contributed by atoms with Crippen LogP contribution < -0.4 is 10.5 Å². The maximum Gasteiger partial charge on any atom is 0.261 e. The molecule has 1 saturated heterocycles.